The third-order valence-electron chi connectivity index (χ3n) is 3.51. The summed E-state index contributed by atoms with van der Waals surface area (Å²) in [6, 6.07) is 16.7. The van der Waals surface area contributed by atoms with Crippen molar-refractivity contribution in [1.82, 2.24) is 9.88 Å². The summed E-state index contributed by atoms with van der Waals surface area (Å²) in [6.45, 7) is 1.74. The molecule has 0 aliphatic heterocycles. The van der Waals surface area contributed by atoms with Gasteiger partial charge in [-0.15, -0.1) is 0 Å². The molecule has 102 valence electrons. The van der Waals surface area contributed by atoms with Gasteiger partial charge in [0.2, 0.25) is 0 Å². The minimum atomic E-state index is 0.780. The highest BCUT2D eigenvalue weighted by atomic mass is 35.5. The zero-order chi connectivity index (χ0) is 13.9. The number of rotatable bonds is 4. The average Bonchev–Trinajstić information content (AvgIpc) is 2.86. The number of hydrogen-bond donors (Lipinski definition) is 1. The Bertz CT molecular complexity index is 713. The van der Waals surface area contributed by atoms with E-state index in [1.165, 1.54) is 22.0 Å². The van der Waals surface area contributed by atoms with E-state index in [0.29, 0.717) is 0 Å². The van der Waals surface area contributed by atoms with E-state index in [1.54, 1.807) is 0 Å². The summed E-state index contributed by atoms with van der Waals surface area (Å²) < 4.78 is 2.30. The molecule has 3 heteroatoms. The first-order valence-electron chi connectivity index (χ1n) is 6.74. The Morgan fingerprint density at radius 1 is 1.05 bits per heavy atom. The zero-order valence-corrected chi connectivity index (χ0v) is 12.2. The topological polar surface area (TPSA) is 17.0 Å². The Kier molecular flexibility index (Phi) is 3.77. The molecule has 0 aliphatic carbocycles. The van der Waals surface area contributed by atoms with Crippen molar-refractivity contribution in [3.8, 4) is 0 Å². The quantitative estimate of drug-likeness (QED) is 0.764. The number of benzene rings is 2. The Labute approximate surface area is 124 Å². The summed E-state index contributed by atoms with van der Waals surface area (Å²) in [5.74, 6) is 0. The van der Waals surface area contributed by atoms with Crippen LogP contribution in [-0.4, -0.2) is 11.6 Å². The lowest BCUT2D eigenvalue weighted by Crippen LogP contribution is -2.07. The maximum absolute atomic E-state index is 5.94. The molecule has 0 spiro atoms. The van der Waals surface area contributed by atoms with Crippen molar-refractivity contribution in [1.29, 1.82) is 0 Å². The van der Waals surface area contributed by atoms with Gasteiger partial charge in [-0.3, -0.25) is 0 Å². The fourth-order valence-corrected chi connectivity index (χ4v) is 2.72. The van der Waals surface area contributed by atoms with Gasteiger partial charge in [0.05, 0.1) is 5.52 Å². The Morgan fingerprint density at radius 2 is 1.85 bits per heavy atom. The summed E-state index contributed by atoms with van der Waals surface area (Å²) in [6.07, 6.45) is 2.15. The maximum Gasteiger partial charge on any atom is 0.0529 e. The van der Waals surface area contributed by atoms with Gasteiger partial charge in [-0.1, -0.05) is 41.9 Å². The molecular weight excluding hydrogens is 268 g/mol. The third-order valence-corrected chi connectivity index (χ3v) is 3.76. The van der Waals surface area contributed by atoms with E-state index in [-0.39, 0.29) is 0 Å². The van der Waals surface area contributed by atoms with Gasteiger partial charge in [0.25, 0.3) is 0 Å². The predicted octanol–water partition coefficient (Wildman–Crippen LogP) is 4.06. The Morgan fingerprint density at radius 3 is 2.60 bits per heavy atom. The Hall–Kier alpha value is -1.77. The second-order valence-corrected chi connectivity index (χ2v) is 5.39. The van der Waals surface area contributed by atoms with Crippen LogP contribution in [0.15, 0.2) is 54.7 Å². The van der Waals surface area contributed by atoms with Crippen LogP contribution in [0.25, 0.3) is 10.9 Å². The monoisotopic (exact) mass is 284 g/mol. The van der Waals surface area contributed by atoms with Crippen LogP contribution in [0.1, 0.15) is 11.1 Å². The van der Waals surface area contributed by atoms with Gasteiger partial charge >= 0.3 is 0 Å². The largest absolute Gasteiger partial charge is 0.343 e. The van der Waals surface area contributed by atoms with Gasteiger partial charge in [0, 0.05) is 24.3 Å². The van der Waals surface area contributed by atoms with Crippen LogP contribution < -0.4 is 5.32 Å². The summed E-state index contributed by atoms with van der Waals surface area (Å²) >= 11 is 5.94. The first-order chi connectivity index (χ1) is 9.78. The highest BCUT2D eigenvalue weighted by Crippen LogP contribution is 2.22. The fraction of sp³-hybridized carbons (Fsp3) is 0.176. The molecular formula is C17H17ClN2. The lowest BCUT2D eigenvalue weighted by atomic mass is 10.1. The summed E-state index contributed by atoms with van der Waals surface area (Å²) in [5, 5.41) is 5.30. The van der Waals surface area contributed by atoms with Crippen molar-refractivity contribution in [3.63, 3.8) is 0 Å². The van der Waals surface area contributed by atoms with Gasteiger partial charge in [-0.2, -0.15) is 0 Å². The van der Waals surface area contributed by atoms with Crippen LogP contribution in [0.3, 0.4) is 0 Å². The van der Waals surface area contributed by atoms with Crippen LogP contribution in [0.5, 0.6) is 0 Å². The SMILES string of the molecule is CNCc1cccc2ccn(Cc3ccc(Cl)cc3)c12. The normalized spacial score (nSPS) is 11.1. The van der Waals surface area contributed by atoms with Crippen molar-refractivity contribution in [2.75, 3.05) is 7.05 Å². The first-order valence-corrected chi connectivity index (χ1v) is 7.11. The number of aromatic nitrogens is 1. The van der Waals surface area contributed by atoms with Crippen LogP contribution >= 0.6 is 11.6 Å². The number of para-hydroxylation sites is 1. The van der Waals surface area contributed by atoms with Crippen LogP contribution in [0.2, 0.25) is 5.02 Å². The molecule has 0 aliphatic rings. The molecule has 0 radical (unpaired) electrons. The molecule has 0 bridgehead atoms. The number of hydrogen-bond acceptors (Lipinski definition) is 1. The van der Waals surface area contributed by atoms with Crippen molar-refractivity contribution < 1.29 is 0 Å². The molecule has 0 atom stereocenters. The van der Waals surface area contributed by atoms with Crippen molar-refractivity contribution in [2.45, 2.75) is 13.1 Å². The number of nitrogens with one attached hydrogen (secondary N) is 1. The van der Waals surface area contributed by atoms with Gasteiger partial charge in [0.1, 0.15) is 0 Å². The predicted molar refractivity (Wildman–Crippen MR) is 85.3 cm³/mol. The highest BCUT2D eigenvalue weighted by Gasteiger charge is 2.06. The molecule has 20 heavy (non-hydrogen) atoms. The third kappa shape index (κ3) is 2.58. The van der Waals surface area contributed by atoms with E-state index < -0.39 is 0 Å². The molecule has 1 aromatic heterocycles. The minimum absolute atomic E-state index is 0.780. The zero-order valence-electron chi connectivity index (χ0n) is 11.4. The second-order valence-electron chi connectivity index (χ2n) is 4.96. The van der Waals surface area contributed by atoms with E-state index in [4.69, 9.17) is 11.6 Å². The summed E-state index contributed by atoms with van der Waals surface area (Å²) in [4.78, 5) is 0. The standard InChI is InChI=1S/C17H17ClN2/c1-19-11-15-4-2-3-14-9-10-20(17(14)15)12-13-5-7-16(18)8-6-13/h2-10,19H,11-12H2,1H3. The van der Waals surface area contributed by atoms with E-state index in [1.807, 2.05) is 19.2 Å². The number of nitrogens with zero attached hydrogens (tertiary/aromatic N) is 1. The van der Waals surface area contributed by atoms with Gasteiger partial charge in [-0.25, -0.2) is 0 Å². The number of fused-ring (bicyclic) bond motifs is 1. The molecule has 1 N–H and O–H groups in total. The van der Waals surface area contributed by atoms with Gasteiger partial charge < -0.3 is 9.88 Å². The van der Waals surface area contributed by atoms with E-state index in [2.05, 4.69) is 52.5 Å². The lowest BCUT2D eigenvalue weighted by molar-refractivity contribution is 0.796. The molecule has 0 fully saturated rings. The first kappa shape index (κ1) is 13.2. The van der Waals surface area contributed by atoms with Gasteiger partial charge in [0.15, 0.2) is 0 Å². The van der Waals surface area contributed by atoms with Crippen LogP contribution in [-0.2, 0) is 13.1 Å². The average molecular weight is 285 g/mol. The molecule has 1 heterocycles. The van der Waals surface area contributed by atoms with Gasteiger partial charge in [-0.05, 0) is 41.8 Å². The molecule has 2 nitrogen and oxygen atoms in total. The molecule has 0 amide bonds. The Balaban J connectivity index is 2.00. The minimum Gasteiger partial charge on any atom is -0.343 e. The molecule has 3 aromatic rings. The molecule has 0 saturated carbocycles. The van der Waals surface area contributed by atoms with Crippen molar-refractivity contribution >= 4 is 22.5 Å². The lowest BCUT2D eigenvalue weighted by Gasteiger charge is -2.10. The second kappa shape index (κ2) is 5.70. The van der Waals surface area contributed by atoms with E-state index in [0.717, 1.165) is 18.1 Å². The molecule has 0 unspecified atom stereocenters. The van der Waals surface area contributed by atoms with Crippen LogP contribution in [0, 0.1) is 0 Å². The van der Waals surface area contributed by atoms with Crippen molar-refractivity contribution in [3.05, 3.63) is 70.9 Å². The molecule has 2 aromatic carbocycles. The smallest absolute Gasteiger partial charge is 0.0529 e. The van der Waals surface area contributed by atoms with E-state index >= 15 is 0 Å². The molecule has 3 rings (SSSR count). The highest BCUT2D eigenvalue weighted by molar-refractivity contribution is 6.30. The van der Waals surface area contributed by atoms with Crippen LogP contribution in [0.4, 0.5) is 0 Å². The summed E-state index contributed by atoms with van der Waals surface area (Å²) in [5.41, 5.74) is 3.88. The fourth-order valence-electron chi connectivity index (χ4n) is 2.59. The maximum atomic E-state index is 5.94. The van der Waals surface area contributed by atoms with Crippen molar-refractivity contribution in [2.24, 2.45) is 0 Å². The molecule has 0 saturated heterocycles. The summed E-state index contributed by atoms with van der Waals surface area (Å²) in [7, 11) is 1.98. The number of halogens is 1. The van der Waals surface area contributed by atoms with E-state index in [9.17, 15) is 0 Å².